The first-order valence-corrected chi connectivity index (χ1v) is 18.6. The molecule has 247 valence electrons. The normalized spacial score (nSPS) is 15.0. The van der Waals surface area contributed by atoms with Crippen LogP contribution in [0.4, 0.5) is 8.78 Å². The van der Waals surface area contributed by atoms with Crippen molar-refractivity contribution in [3.63, 3.8) is 0 Å². The summed E-state index contributed by atoms with van der Waals surface area (Å²) in [4.78, 5) is 0. The number of rotatable bonds is 5. The molecule has 0 N–H and O–H groups in total. The number of nitriles is 1. The van der Waals surface area contributed by atoms with Crippen LogP contribution in [0.3, 0.4) is 0 Å². The number of hydrogen-bond acceptors (Lipinski definition) is 1. The van der Waals surface area contributed by atoms with E-state index in [1.165, 1.54) is 35.8 Å². The molecule has 2 aliphatic carbocycles. The maximum absolute atomic E-state index is 13.6. The molecule has 0 saturated heterocycles. The van der Waals surface area contributed by atoms with E-state index >= 15 is 0 Å². The minimum atomic E-state index is -0.880. The summed E-state index contributed by atoms with van der Waals surface area (Å²) in [6.45, 7) is 14.1. The summed E-state index contributed by atoms with van der Waals surface area (Å²) in [6.07, 6.45) is 17.6. The molecule has 2 fully saturated rings. The molecule has 0 amide bonds. The number of hydrogen-bond donors (Lipinski definition) is 0. The Morgan fingerprint density at radius 1 is 0.696 bits per heavy atom. The Morgan fingerprint density at radius 3 is 1.46 bits per heavy atom. The average molecular weight is 761 g/mol. The minimum Gasteiger partial charge on any atom is 0 e. The molecular formula is C38H40ClF2FeNNiP2-. The van der Waals surface area contributed by atoms with Gasteiger partial charge in [-0.25, -0.2) is 8.78 Å². The van der Waals surface area contributed by atoms with Gasteiger partial charge in [0.1, 0.15) is 11.6 Å². The molecule has 2 aliphatic rings. The van der Waals surface area contributed by atoms with Gasteiger partial charge in [0.25, 0.3) is 0 Å². The van der Waals surface area contributed by atoms with E-state index < -0.39 is 7.92 Å². The number of nitrogens with zero attached hydrogens (tertiary/aromatic N) is 1. The first-order valence-electron chi connectivity index (χ1n) is 14.4. The molecule has 0 aromatic heterocycles. The predicted molar refractivity (Wildman–Crippen MR) is 187 cm³/mol. The Labute approximate surface area is 303 Å². The van der Waals surface area contributed by atoms with E-state index in [0.717, 1.165) is 16.8 Å². The second-order valence-corrected chi connectivity index (χ2v) is 18.1. The van der Waals surface area contributed by atoms with Crippen LogP contribution in [-0.4, -0.2) is 16.5 Å². The molecule has 0 unspecified atom stereocenters. The Bertz CT molecular complexity index is 1200. The van der Waals surface area contributed by atoms with E-state index in [1.807, 2.05) is 62.4 Å². The Kier molecular flexibility index (Phi) is 20.7. The quantitative estimate of drug-likeness (QED) is 0.144. The van der Waals surface area contributed by atoms with Crippen molar-refractivity contribution in [3.05, 3.63) is 159 Å². The maximum Gasteiger partial charge on any atom is 0 e. The van der Waals surface area contributed by atoms with Gasteiger partial charge in [-0.2, -0.15) is 35.6 Å². The molecule has 10 radical (unpaired) electrons. The van der Waals surface area contributed by atoms with Gasteiger partial charge in [-0.3, -0.25) is 0 Å². The summed E-state index contributed by atoms with van der Waals surface area (Å²) in [7, 11) is 3.09. The minimum absolute atomic E-state index is 0. The standard InChI is InChI=1S/C26H31F2P2.C7H4N.C5H5.ClH.Fe.Ni/c1-25(2,3)29(26(4,5)6)18-19-8-7-9-24(19)30(22-14-10-20(27)11-15-22)23-16-12-21(28)13-17-23;8-6-7-4-2-1-3-5-7;1-2-4-5-3-1;;;/h7-17H,18H2,1-6H3;2-5H;1-5H;1H;;/q;-1;;;;+1/p-1. The Morgan fingerprint density at radius 2 is 1.11 bits per heavy atom. The second kappa shape index (κ2) is 22.0. The van der Waals surface area contributed by atoms with Crippen LogP contribution in [0.25, 0.3) is 0 Å². The Balaban J connectivity index is 0.000000542. The summed E-state index contributed by atoms with van der Waals surface area (Å²) in [5.41, 5.74) is 1.98. The van der Waals surface area contributed by atoms with Crippen LogP contribution >= 0.6 is 26.0 Å². The molecule has 2 saturated carbocycles. The first-order chi connectivity index (χ1) is 21.4. The molecule has 0 atom stereocenters. The van der Waals surface area contributed by atoms with Gasteiger partial charge in [0.05, 0.1) is 6.07 Å². The molecule has 0 aliphatic heterocycles. The molecule has 3 aromatic rings. The molecular weight excluding hydrogens is 720 g/mol. The van der Waals surface area contributed by atoms with Crippen molar-refractivity contribution in [1.82, 2.24) is 0 Å². The summed E-state index contributed by atoms with van der Waals surface area (Å²) in [5.74, 6) is 0.893. The van der Waals surface area contributed by atoms with Crippen molar-refractivity contribution in [2.75, 3.05) is 6.16 Å². The van der Waals surface area contributed by atoms with Gasteiger partial charge in [0.2, 0.25) is 0 Å². The topological polar surface area (TPSA) is 23.8 Å². The summed E-state index contributed by atoms with van der Waals surface area (Å²) in [5, 5.41) is 10.9. The van der Waals surface area contributed by atoms with E-state index in [-0.39, 0.29) is 46.9 Å². The van der Waals surface area contributed by atoms with Gasteiger partial charge in [0.15, 0.2) is 0 Å². The van der Waals surface area contributed by atoms with Crippen molar-refractivity contribution >= 4 is 36.6 Å². The van der Waals surface area contributed by atoms with Gasteiger partial charge < -0.3 is 0 Å². The molecule has 1 nitrogen and oxygen atoms in total. The van der Waals surface area contributed by atoms with Crippen molar-refractivity contribution in [1.29, 1.82) is 5.26 Å². The van der Waals surface area contributed by atoms with E-state index in [0.29, 0.717) is 5.56 Å². The summed E-state index contributed by atoms with van der Waals surface area (Å²) in [6, 6.07) is 25.3. The molecule has 0 spiro atoms. The van der Waals surface area contributed by atoms with E-state index in [1.54, 1.807) is 24.3 Å². The van der Waals surface area contributed by atoms with Crippen LogP contribution in [-0.2, 0) is 31.6 Å². The molecule has 3 aromatic carbocycles. The fourth-order valence-corrected chi connectivity index (χ4v) is 11.0. The third kappa shape index (κ3) is 14.7. The SMILES string of the molecule is CC(C)(C)P(C[C]1[CH][CH][CH][C]1P(c1ccc(F)cc1)c1ccc(F)cc1)C(C)(C)C.N#Cc1cc[c-]cc1.[CH]1[CH][CH][CH][CH]1.[Cl][Ni].[Fe]. The van der Waals surface area contributed by atoms with Crippen molar-refractivity contribution in [2.45, 2.75) is 51.9 Å². The number of benzene rings is 3. The predicted octanol–water partition coefficient (Wildman–Crippen LogP) is 10.3. The van der Waals surface area contributed by atoms with Gasteiger partial charge in [0, 0.05) is 22.7 Å². The third-order valence-electron chi connectivity index (χ3n) is 6.64. The van der Waals surface area contributed by atoms with E-state index in [4.69, 9.17) is 5.26 Å². The number of halogens is 3. The zero-order valence-electron chi connectivity index (χ0n) is 26.9. The first kappa shape index (κ1) is 43.2. The largest absolute Gasteiger partial charge is 0 e. The zero-order chi connectivity index (χ0) is 33.5. The van der Waals surface area contributed by atoms with Crippen molar-refractivity contribution in [3.8, 4) is 6.07 Å². The molecule has 0 bridgehead atoms. The summed E-state index contributed by atoms with van der Waals surface area (Å²) < 4.78 is 27.2. The molecule has 5 rings (SSSR count). The fourth-order valence-electron chi connectivity index (χ4n) is 4.84. The van der Waals surface area contributed by atoms with Crippen LogP contribution in [0.1, 0.15) is 47.1 Å². The molecule has 46 heavy (non-hydrogen) atoms. The van der Waals surface area contributed by atoms with Gasteiger partial charge in [-0.05, 0) is 117 Å². The maximum atomic E-state index is 13.6. The van der Waals surface area contributed by atoms with Crippen LogP contribution < -0.4 is 10.6 Å². The average Bonchev–Trinajstić information content (AvgIpc) is 3.75. The van der Waals surface area contributed by atoms with Crippen molar-refractivity contribution < 1.29 is 40.4 Å². The zero-order valence-corrected chi connectivity index (χ0v) is 31.5. The van der Waals surface area contributed by atoms with Crippen LogP contribution in [0.2, 0.25) is 0 Å². The monoisotopic (exact) mass is 759 g/mol. The van der Waals surface area contributed by atoms with Gasteiger partial charge >= 0.3 is 24.8 Å². The van der Waals surface area contributed by atoms with Crippen LogP contribution in [0.15, 0.2) is 72.8 Å². The molecule has 0 heterocycles. The Hall–Kier alpha value is -0.827. The third-order valence-corrected chi connectivity index (χ3v) is 13.1. The second-order valence-electron chi connectivity index (χ2n) is 12.0. The van der Waals surface area contributed by atoms with Crippen molar-refractivity contribution in [2.24, 2.45) is 0 Å². The van der Waals surface area contributed by atoms with Crippen LogP contribution in [0.5, 0.6) is 0 Å². The van der Waals surface area contributed by atoms with Gasteiger partial charge in [-0.15, -0.1) is 0 Å². The summed E-state index contributed by atoms with van der Waals surface area (Å²) >= 11 is 3.35. The van der Waals surface area contributed by atoms with E-state index in [9.17, 15) is 8.78 Å². The van der Waals surface area contributed by atoms with Crippen LogP contribution in [0, 0.1) is 92.0 Å². The van der Waals surface area contributed by atoms with E-state index in [2.05, 4.69) is 91.6 Å². The molecule has 8 heteroatoms. The fraction of sp³-hybridized carbons (Fsp3) is 0.237. The smallest absolute Gasteiger partial charge is 0 e. The van der Waals surface area contributed by atoms with Gasteiger partial charge in [-0.1, -0.05) is 79.3 Å².